The SMILES string of the molecule is Cc1c(CN2CCN(C(=O)C3CCCC3)C(C)C2)cc(Cl)cc1NC(=O)CC1CCOC1C. The van der Waals surface area contributed by atoms with Gasteiger partial charge in [0.1, 0.15) is 0 Å². The van der Waals surface area contributed by atoms with Gasteiger partial charge in [0.05, 0.1) is 6.10 Å². The van der Waals surface area contributed by atoms with Crippen LogP contribution in [0.1, 0.15) is 63.5 Å². The summed E-state index contributed by atoms with van der Waals surface area (Å²) in [5.41, 5.74) is 2.97. The second kappa shape index (κ2) is 10.7. The zero-order chi connectivity index (χ0) is 23.5. The number of nitrogens with one attached hydrogen (secondary N) is 1. The minimum Gasteiger partial charge on any atom is -0.378 e. The average molecular weight is 476 g/mol. The first-order valence-electron chi connectivity index (χ1n) is 12.5. The van der Waals surface area contributed by atoms with Gasteiger partial charge in [0.2, 0.25) is 11.8 Å². The molecule has 3 atom stereocenters. The van der Waals surface area contributed by atoms with Crippen molar-refractivity contribution < 1.29 is 14.3 Å². The summed E-state index contributed by atoms with van der Waals surface area (Å²) in [7, 11) is 0. The predicted molar refractivity (Wildman–Crippen MR) is 131 cm³/mol. The van der Waals surface area contributed by atoms with Crippen molar-refractivity contribution in [3.8, 4) is 0 Å². The van der Waals surface area contributed by atoms with Crippen LogP contribution < -0.4 is 5.32 Å². The third-order valence-corrected chi connectivity index (χ3v) is 8.05. The normalized spacial score (nSPS) is 26.7. The van der Waals surface area contributed by atoms with Crippen molar-refractivity contribution >= 4 is 29.1 Å². The van der Waals surface area contributed by atoms with Crippen LogP contribution >= 0.6 is 11.6 Å². The summed E-state index contributed by atoms with van der Waals surface area (Å²) in [6.07, 6.45) is 6.01. The largest absolute Gasteiger partial charge is 0.378 e. The molecule has 3 fully saturated rings. The maximum absolute atomic E-state index is 12.9. The number of carbonyl (C=O) groups is 2. The van der Waals surface area contributed by atoms with Gasteiger partial charge >= 0.3 is 0 Å². The first-order valence-corrected chi connectivity index (χ1v) is 12.9. The zero-order valence-electron chi connectivity index (χ0n) is 20.2. The lowest BCUT2D eigenvalue weighted by Crippen LogP contribution is -2.54. The highest BCUT2D eigenvalue weighted by Crippen LogP contribution is 2.30. The number of anilines is 1. The smallest absolute Gasteiger partial charge is 0.226 e. The van der Waals surface area contributed by atoms with E-state index < -0.39 is 0 Å². The fourth-order valence-corrected chi connectivity index (χ4v) is 5.91. The lowest BCUT2D eigenvalue weighted by atomic mass is 9.98. The van der Waals surface area contributed by atoms with E-state index in [1.807, 2.05) is 26.0 Å². The second-order valence-electron chi connectivity index (χ2n) is 10.2. The maximum atomic E-state index is 12.9. The zero-order valence-corrected chi connectivity index (χ0v) is 21.0. The van der Waals surface area contributed by atoms with Crippen LogP contribution in [0, 0.1) is 18.8 Å². The van der Waals surface area contributed by atoms with Gasteiger partial charge < -0.3 is 15.0 Å². The van der Waals surface area contributed by atoms with Gasteiger partial charge in [-0.1, -0.05) is 24.4 Å². The van der Waals surface area contributed by atoms with Gasteiger partial charge in [0.15, 0.2) is 0 Å². The molecule has 1 aliphatic carbocycles. The molecule has 6 nitrogen and oxygen atoms in total. The summed E-state index contributed by atoms with van der Waals surface area (Å²) in [6, 6.07) is 4.05. The molecule has 33 heavy (non-hydrogen) atoms. The lowest BCUT2D eigenvalue weighted by molar-refractivity contribution is -0.140. The highest BCUT2D eigenvalue weighted by Gasteiger charge is 2.33. The first-order chi connectivity index (χ1) is 15.8. The van der Waals surface area contributed by atoms with E-state index in [0.717, 1.165) is 68.9 Å². The quantitative estimate of drug-likeness (QED) is 0.651. The second-order valence-corrected chi connectivity index (χ2v) is 10.6. The maximum Gasteiger partial charge on any atom is 0.226 e. The number of nitrogens with zero attached hydrogens (tertiary/aromatic N) is 2. The molecule has 182 valence electrons. The van der Waals surface area contributed by atoms with E-state index in [1.54, 1.807) is 0 Å². The van der Waals surface area contributed by atoms with Crippen LogP contribution in [0.4, 0.5) is 5.69 Å². The molecule has 3 unspecified atom stereocenters. The Kier molecular flexibility index (Phi) is 7.98. The molecule has 2 amide bonds. The third kappa shape index (κ3) is 5.90. The van der Waals surface area contributed by atoms with Gasteiger partial charge in [-0.25, -0.2) is 0 Å². The van der Waals surface area contributed by atoms with Crippen LogP contribution in [0.5, 0.6) is 0 Å². The molecule has 3 aliphatic rings. The first kappa shape index (κ1) is 24.5. The Morgan fingerprint density at radius 2 is 1.91 bits per heavy atom. The Balaban J connectivity index is 1.36. The Morgan fingerprint density at radius 3 is 2.58 bits per heavy atom. The van der Waals surface area contributed by atoms with E-state index in [-0.39, 0.29) is 29.9 Å². The van der Waals surface area contributed by atoms with Crippen molar-refractivity contribution in [2.45, 2.75) is 78.0 Å². The Hall–Kier alpha value is -1.63. The van der Waals surface area contributed by atoms with Gasteiger partial charge in [-0.15, -0.1) is 0 Å². The van der Waals surface area contributed by atoms with Crippen molar-refractivity contribution in [1.82, 2.24) is 9.80 Å². The van der Waals surface area contributed by atoms with E-state index in [2.05, 4.69) is 22.0 Å². The summed E-state index contributed by atoms with van der Waals surface area (Å²) >= 11 is 6.44. The van der Waals surface area contributed by atoms with Crippen LogP contribution in [-0.2, 0) is 20.9 Å². The number of carbonyl (C=O) groups excluding carboxylic acids is 2. The summed E-state index contributed by atoms with van der Waals surface area (Å²) in [4.78, 5) is 30.1. The molecule has 4 rings (SSSR count). The number of hydrogen-bond donors (Lipinski definition) is 1. The van der Waals surface area contributed by atoms with Gasteiger partial charge in [0.25, 0.3) is 0 Å². The third-order valence-electron chi connectivity index (χ3n) is 7.83. The van der Waals surface area contributed by atoms with Crippen LogP contribution in [0.25, 0.3) is 0 Å². The van der Waals surface area contributed by atoms with Crippen molar-refractivity contribution in [2.75, 3.05) is 31.6 Å². The van der Waals surface area contributed by atoms with Crippen LogP contribution in [0.3, 0.4) is 0 Å². The number of piperazine rings is 1. The average Bonchev–Trinajstić information content (AvgIpc) is 3.43. The molecule has 1 N–H and O–H groups in total. The Labute approximate surface area is 203 Å². The Morgan fingerprint density at radius 1 is 1.15 bits per heavy atom. The van der Waals surface area contributed by atoms with Crippen LogP contribution in [-0.4, -0.2) is 60.0 Å². The fourth-order valence-electron chi connectivity index (χ4n) is 5.67. The fraction of sp³-hybridized carbons (Fsp3) is 0.692. The van der Waals surface area contributed by atoms with E-state index in [4.69, 9.17) is 16.3 Å². The van der Waals surface area contributed by atoms with E-state index in [0.29, 0.717) is 17.4 Å². The summed E-state index contributed by atoms with van der Waals surface area (Å²) < 4.78 is 5.59. The molecular formula is C26H38ClN3O3. The minimum absolute atomic E-state index is 0.0151. The van der Waals surface area contributed by atoms with Crippen LogP contribution in [0.15, 0.2) is 12.1 Å². The summed E-state index contributed by atoms with van der Waals surface area (Å²) in [5.74, 6) is 0.875. The molecule has 0 bridgehead atoms. The number of halogens is 1. The lowest BCUT2D eigenvalue weighted by Gasteiger charge is -2.41. The Bertz CT molecular complexity index is 871. The van der Waals surface area contributed by atoms with Crippen molar-refractivity contribution in [1.29, 1.82) is 0 Å². The monoisotopic (exact) mass is 475 g/mol. The molecule has 0 aromatic heterocycles. The number of hydrogen-bond acceptors (Lipinski definition) is 4. The molecule has 1 saturated carbocycles. The van der Waals surface area contributed by atoms with E-state index in [1.165, 1.54) is 12.8 Å². The summed E-state index contributed by atoms with van der Waals surface area (Å²) in [5, 5.41) is 3.72. The minimum atomic E-state index is 0.0151. The topological polar surface area (TPSA) is 61.9 Å². The predicted octanol–water partition coefficient (Wildman–Crippen LogP) is 4.62. The summed E-state index contributed by atoms with van der Waals surface area (Å²) in [6.45, 7) is 10.2. The van der Waals surface area contributed by atoms with Gasteiger partial charge in [-0.05, 0) is 69.2 Å². The van der Waals surface area contributed by atoms with E-state index in [9.17, 15) is 9.59 Å². The van der Waals surface area contributed by atoms with Gasteiger partial charge in [0, 0.05) is 61.9 Å². The molecule has 7 heteroatoms. The number of ether oxygens (including phenoxy) is 1. The molecule has 2 heterocycles. The molecule has 1 aromatic rings. The van der Waals surface area contributed by atoms with E-state index >= 15 is 0 Å². The van der Waals surface area contributed by atoms with Crippen molar-refractivity contribution in [3.63, 3.8) is 0 Å². The molecule has 2 saturated heterocycles. The van der Waals surface area contributed by atoms with Gasteiger partial charge in [-0.3, -0.25) is 14.5 Å². The molecule has 2 aliphatic heterocycles. The highest BCUT2D eigenvalue weighted by atomic mass is 35.5. The molecular weight excluding hydrogens is 438 g/mol. The number of benzene rings is 1. The highest BCUT2D eigenvalue weighted by molar-refractivity contribution is 6.31. The standard InChI is InChI=1S/C26H38ClN3O3/c1-17-15-29(9-10-30(17)26(32)20-6-4-5-7-20)16-22-12-23(27)14-24(18(22)2)28-25(31)13-21-8-11-33-19(21)3/h12,14,17,19-21H,4-11,13,15-16H2,1-3H3,(H,28,31). The van der Waals surface area contributed by atoms with Gasteiger partial charge in [-0.2, -0.15) is 0 Å². The molecule has 0 spiro atoms. The van der Waals surface area contributed by atoms with Crippen LogP contribution in [0.2, 0.25) is 5.02 Å². The molecule has 1 aromatic carbocycles. The van der Waals surface area contributed by atoms with Crippen molar-refractivity contribution in [3.05, 3.63) is 28.3 Å². The number of amides is 2. The molecule has 0 radical (unpaired) electrons. The van der Waals surface area contributed by atoms with Crippen molar-refractivity contribution in [2.24, 2.45) is 11.8 Å². The number of rotatable bonds is 6.